The Kier molecular flexibility index (Phi) is 4.15. The van der Waals surface area contributed by atoms with Crippen molar-refractivity contribution in [1.82, 2.24) is 29.5 Å². The molecule has 0 saturated carbocycles. The van der Waals surface area contributed by atoms with E-state index in [9.17, 15) is 19.7 Å². The summed E-state index contributed by atoms with van der Waals surface area (Å²) in [5, 5.41) is 22.2. The van der Waals surface area contributed by atoms with Crippen LogP contribution < -0.4 is 10.9 Å². The molecule has 4 aromatic rings. The number of aromatic nitrogens is 6. The normalized spacial score (nSPS) is 11.0. The average Bonchev–Trinajstić information content (AvgIpc) is 3.24. The summed E-state index contributed by atoms with van der Waals surface area (Å²) >= 11 is 0. The zero-order valence-electron chi connectivity index (χ0n) is 15.3. The Morgan fingerprint density at radius 2 is 2.10 bits per heavy atom. The van der Waals surface area contributed by atoms with Crippen molar-refractivity contribution in [3.05, 3.63) is 68.3 Å². The molecule has 0 aliphatic carbocycles. The van der Waals surface area contributed by atoms with Crippen molar-refractivity contribution in [2.75, 3.05) is 5.32 Å². The summed E-state index contributed by atoms with van der Waals surface area (Å²) in [5.41, 5.74) is 0.422. The molecular weight excluding hydrogens is 380 g/mol. The van der Waals surface area contributed by atoms with Crippen molar-refractivity contribution in [3.63, 3.8) is 0 Å². The van der Waals surface area contributed by atoms with Gasteiger partial charge in [0.2, 0.25) is 5.95 Å². The van der Waals surface area contributed by atoms with Crippen LogP contribution in [0.2, 0.25) is 0 Å². The predicted molar refractivity (Wildman–Crippen MR) is 102 cm³/mol. The first-order valence-electron chi connectivity index (χ1n) is 8.38. The SMILES string of the molecule is Cc1cc(NC(=O)c2cccc([N+](=O)[O-])c2)n(-c2nc3c(cnn3C)c(=O)[nH]2)n1. The summed E-state index contributed by atoms with van der Waals surface area (Å²) in [6, 6.07) is 6.93. The molecule has 0 atom stereocenters. The Hall–Kier alpha value is -4.35. The number of rotatable bonds is 4. The third-order valence-corrected chi connectivity index (χ3v) is 4.18. The van der Waals surface area contributed by atoms with Gasteiger partial charge in [-0.2, -0.15) is 19.9 Å². The maximum atomic E-state index is 12.6. The lowest BCUT2D eigenvalue weighted by molar-refractivity contribution is -0.384. The maximum Gasteiger partial charge on any atom is 0.270 e. The largest absolute Gasteiger partial charge is 0.306 e. The minimum absolute atomic E-state index is 0.0912. The number of nitro benzene ring substituents is 1. The summed E-state index contributed by atoms with van der Waals surface area (Å²) in [7, 11) is 1.65. The number of hydrogen-bond donors (Lipinski definition) is 2. The molecule has 0 spiro atoms. The van der Waals surface area contributed by atoms with E-state index in [4.69, 9.17) is 0 Å². The van der Waals surface area contributed by atoms with Gasteiger partial charge in [-0.25, -0.2) is 0 Å². The first-order chi connectivity index (χ1) is 13.8. The number of aromatic amines is 1. The Morgan fingerprint density at radius 1 is 1.31 bits per heavy atom. The number of non-ortho nitro benzene ring substituents is 1. The Balaban J connectivity index is 1.73. The van der Waals surface area contributed by atoms with Crippen molar-refractivity contribution in [1.29, 1.82) is 0 Å². The van der Waals surface area contributed by atoms with E-state index in [-0.39, 0.29) is 23.0 Å². The van der Waals surface area contributed by atoms with Crippen LogP contribution in [0.25, 0.3) is 17.0 Å². The molecule has 3 heterocycles. The second kappa shape index (κ2) is 6.67. The number of benzene rings is 1. The van der Waals surface area contributed by atoms with Crippen LogP contribution in [0.1, 0.15) is 16.1 Å². The monoisotopic (exact) mass is 394 g/mol. The number of amides is 1. The van der Waals surface area contributed by atoms with Crippen LogP contribution in [0.5, 0.6) is 0 Å². The second-order valence-electron chi connectivity index (χ2n) is 6.24. The molecule has 0 fully saturated rings. The van der Waals surface area contributed by atoms with Crippen molar-refractivity contribution in [3.8, 4) is 5.95 Å². The van der Waals surface area contributed by atoms with Crippen LogP contribution in [-0.4, -0.2) is 40.4 Å². The number of nitrogens with one attached hydrogen (secondary N) is 2. The summed E-state index contributed by atoms with van der Waals surface area (Å²) in [4.78, 5) is 42.2. The fraction of sp³-hybridized carbons (Fsp3) is 0.118. The quantitative estimate of drug-likeness (QED) is 0.391. The third kappa shape index (κ3) is 3.22. The number of anilines is 1. The summed E-state index contributed by atoms with van der Waals surface area (Å²) in [6.45, 7) is 1.71. The van der Waals surface area contributed by atoms with Gasteiger partial charge < -0.3 is 5.32 Å². The Labute approximate surface area is 162 Å². The van der Waals surface area contributed by atoms with Crippen LogP contribution in [-0.2, 0) is 7.05 Å². The Bertz CT molecular complexity index is 1330. The van der Waals surface area contributed by atoms with E-state index >= 15 is 0 Å². The highest BCUT2D eigenvalue weighted by atomic mass is 16.6. The number of nitrogens with zero attached hydrogens (tertiary/aromatic N) is 6. The molecule has 0 radical (unpaired) electrons. The van der Waals surface area contributed by atoms with Gasteiger partial charge in [-0.1, -0.05) is 6.07 Å². The van der Waals surface area contributed by atoms with Gasteiger partial charge >= 0.3 is 0 Å². The van der Waals surface area contributed by atoms with Crippen LogP contribution in [0.15, 0.2) is 41.3 Å². The second-order valence-corrected chi connectivity index (χ2v) is 6.24. The van der Waals surface area contributed by atoms with Crippen molar-refractivity contribution >= 4 is 28.4 Å². The van der Waals surface area contributed by atoms with Crippen LogP contribution in [0.3, 0.4) is 0 Å². The lowest BCUT2D eigenvalue weighted by atomic mass is 10.2. The standard InChI is InChI=1S/C17H14N8O4/c1-9-6-13(19-15(26)10-4-3-5-11(7-10)25(28)29)24(22-9)17-20-14-12(16(27)21-17)8-18-23(14)2/h3-8H,1-2H3,(H,19,26)(H,20,21,27). The first-order valence-corrected chi connectivity index (χ1v) is 8.38. The van der Waals surface area contributed by atoms with E-state index in [1.54, 1.807) is 20.0 Å². The zero-order chi connectivity index (χ0) is 20.7. The third-order valence-electron chi connectivity index (χ3n) is 4.18. The number of nitro groups is 1. The number of H-pyrrole nitrogens is 1. The fourth-order valence-electron chi connectivity index (χ4n) is 2.82. The molecule has 0 bridgehead atoms. The lowest BCUT2D eigenvalue weighted by Crippen LogP contribution is -2.19. The first kappa shape index (κ1) is 18.0. The smallest absolute Gasteiger partial charge is 0.270 e. The molecule has 1 aromatic carbocycles. The van der Waals surface area contributed by atoms with E-state index in [0.29, 0.717) is 16.7 Å². The molecule has 0 unspecified atom stereocenters. The topological polar surface area (TPSA) is 154 Å². The number of carbonyl (C=O) groups excluding carboxylic acids is 1. The van der Waals surface area contributed by atoms with Gasteiger partial charge in [-0.3, -0.25) is 29.4 Å². The van der Waals surface area contributed by atoms with Gasteiger partial charge in [0.15, 0.2) is 5.65 Å². The number of fused-ring (bicyclic) bond motifs is 1. The van der Waals surface area contributed by atoms with Gasteiger partial charge in [0.1, 0.15) is 11.2 Å². The van der Waals surface area contributed by atoms with E-state index in [2.05, 4.69) is 25.5 Å². The molecule has 1 amide bonds. The molecule has 0 saturated heterocycles. The molecule has 0 aliphatic heterocycles. The van der Waals surface area contributed by atoms with E-state index < -0.39 is 16.4 Å². The molecule has 2 N–H and O–H groups in total. The molecule has 0 aliphatic rings. The van der Waals surface area contributed by atoms with E-state index in [0.717, 1.165) is 0 Å². The highest BCUT2D eigenvalue weighted by Crippen LogP contribution is 2.18. The van der Waals surface area contributed by atoms with Crippen LogP contribution >= 0.6 is 0 Å². The summed E-state index contributed by atoms with van der Waals surface area (Å²) in [6.07, 6.45) is 1.41. The van der Waals surface area contributed by atoms with Gasteiger partial charge in [-0.15, -0.1) is 0 Å². The van der Waals surface area contributed by atoms with Crippen molar-refractivity contribution in [2.24, 2.45) is 7.05 Å². The zero-order valence-corrected chi connectivity index (χ0v) is 15.3. The van der Waals surface area contributed by atoms with Gasteiger partial charge in [0, 0.05) is 30.8 Å². The molecular formula is C17H14N8O4. The number of hydrogen-bond acceptors (Lipinski definition) is 7. The molecule has 4 rings (SSSR count). The number of aryl methyl sites for hydroxylation is 2. The van der Waals surface area contributed by atoms with Crippen molar-refractivity contribution < 1.29 is 9.72 Å². The summed E-state index contributed by atoms with van der Waals surface area (Å²) < 4.78 is 2.73. The molecule has 3 aromatic heterocycles. The highest BCUT2D eigenvalue weighted by Gasteiger charge is 2.17. The van der Waals surface area contributed by atoms with Crippen LogP contribution in [0.4, 0.5) is 11.5 Å². The Morgan fingerprint density at radius 3 is 2.86 bits per heavy atom. The average molecular weight is 394 g/mol. The molecule has 12 nitrogen and oxygen atoms in total. The minimum atomic E-state index is -0.580. The van der Waals surface area contributed by atoms with E-state index in [1.165, 1.54) is 39.8 Å². The lowest BCUT2D eigenvalue weighted by Gasteiger charge is -2.08. The van der Waals surface area contributed by atoms with Crippen molar-refractivity contribution in [2.45, 2.75) is 6.92 Å². The van der Waals surface area contributed by atoms with Crippen LogP contribution in [0, 0.1) is 17.0 Å². The maximum absolute atomic E-state index is 12.6. The molecule has 12 heteroatoms. The highest BCUT2D eigenvalue weighted by molar-refractivity contribution is 6.04. The number of carbonyl (C=O) groups is 1. The minimum Gasteiger partial charge on any atom is -0.306 e. The van der Waals surface area contributed by atoms with Gasteiger partial charge in [0.05, 0.1) is 16.8 Å². The molecule has 146 valence electrons. The predicted octanol–water partition coefficient (Wildman–Crippen LogP) is 1.31. The summed E-state index contributed by atoms with van der Waals surface area (Å²) in [5.74, 6) is -0.240. The molecule has 29 heavy (non-hydrogen) atoms. The fourth-order valence-corrected chi connectivity index (χ4v) is 2.82. The van der Waals surface area contributed by atoms with E-state index in [1.807, 2.05) is 0 Å². The van der Waals surface area contributed by atoms with Gasteiger partial charge in [-0.05, 0) is 13.0 Å². The van der Waals surface area contributed by atoms with Gasteiger partial charge in [0.25, 0.3) is 17.2 Å².